The lowest BCUT2D eigenvalue weighted by Gasteiger charge is -2.14. The molecule has 4 rings (SSSR count). The van der Waals surface area contributed by atoms with Crippen LogP contribution in [-0.4, -0.2) is 62.2 Å². The number of hydrogen-bond donors (Lipinski definition) is 4. The van der Waals surface area contributed by atoms with Gasteiger partial charge in [0.2, 0.25) is 35.3 Å². The Kier molecular flexibility index (Phi) is 14.3. The van der Waals surface area contributed by atoms with Crippen molar-refractivity contribution in [2.45, 2.75) is 40.2 Å². The van der Waals surface area contributed by atoms with E-state index < -0.39 is 0 Å². The van der Waals surface area contributed by atoms with Gasteiger partial charge in [0.15, 0.2) is 0 Å². The van der Waals surface area contributed by atoms with Gasteiger partial charge in [0.05, 0.1) is 19.8 Å². The SMILES string of the molecule is COc1nc(OCc2cccc(-c3cccc(COc4ccc(CNCCNC(C)=O)c(OC)n4)c3C#N)c2)ccc1CNCCNC(C)=O. The molecule has 13 heteroatoms. The van der Waals surface area contributed by atoms with E-state index in [1.807, 2.05) is 54.6 Å². The van der Waals surface area contributed by atoms with E-state index in [0.717, 1.165) is 33.4 Å². The molecule has 2 heterocycles. The molecule has 2 amide bonds. The molecule has 0 atom stereocenters. The number of nitrogens with zero attached hydrogens (tertiary/aromatic N) is 3. The molecule has 0 fully saturated rings. The molecular formula is C37H43N7O6. The fourth-order valence-corrected chi connectivity index (χ4v) is 5.02. The number of nitrogens with one attached hydrogen (secondary N) is 4. The van der Waals surface area contributed by atoms with Crippen molar-refractivity contribution in [1.82, 2.24) is 31.2 Å². The van der Waals surface area contributed by atoms with Crippen LogP contribution in [0.15, 0.2) is 66.7 Å². The highest BCUT2D eigenvalue weighted by atomic mass is 16.5. The minimum atomic E-state index is -0.0725. The Balaban J connectivity index is 1.38. The average Bonchev–Trinajstić information content (AvgIpc) is 3.13. The molecule has 50 heavy (non-hydrogen) atoms. The van der Waals surface area contributed by atoms with Crippen molar-refractivity contribution in [2.75, 3.05) is 40.4 Å². The van der Waals surface area contributed by atoms with E-state index >= 15 is 0 Å². The maximum atomic E-state index is 11.0. The Morgan fingerprint density at radius 3 is 1.80 bits per heavy atom. The van der Waals surface area contributed by atoms with Crippen LogP contribution in [-0.2, 0) is 35.9 Å². The number of ether oxygens (including phenoxy) is 4. The molecule has 4 aromatic rings. The minimum absolute atomic E-state index is 0.0670. The molecule has 0 aliphatic carbocycles. The summed E-state index contributed by atoms with van der Waals surface area (Å²) >= 11 is 0. The number of aromatic nitrogens is 2. The first-order chi connectivity index (χ1) is 24.3. The summed E-state index contributed by atoms with van der Waals surface area (Å²) in [7, 11) is 3.11. The topological polar surface area (TPSA) is 169 Å². The van der Waals surface area contributed by atoms with Gasteiger partial charge in [-0.15, -0.1) is 0 Å². The Bertz CT molecular complexity index is 1790. The number of hydrogen-bond acceptors (Lipinski definition) is 11. The van der Waals surface area contributed by atoms with Gasteiger partial charge in [0.25, 0.3) is 0 Å². The minimum Gasteiger partial charge on any atom is -0.481 e. The van der Waals surface area contributed by atoms with Crippen LogP contribution in [0.25, 0.3) is 11.1 Å². The van der Waals surface area contributed by atoms with Crippen LogP contribution in [0.2, 0.25) is 0 Å². The van der Waals surface area contributed by atoms with E-state index in [-0.39, 0.29) is 25.0 Å². The normalized spacial score (nSPS) is 10.5. The lowest BCUT2D eigenvalue weighted by atomic mass is 9.95. The highest BCUT2D eigenvalue weighted by Gasteiger charge is 2.14. The molecule has 262 valence electrons. The zero-order valence-corrected chi connectivity index (χ0v) is 28.8. The molecule has 0 saturated carbocycles. The quantitative estimate of drug-likeness (QED) is 0.107. The Labute approximate surface area is 292 Å². The molecule has 2 aromatic carbocycles. The molecule has 0 aliphatic heterocycles. The third-order valence-electron chi connectivity index (χ3n) is 7.46. The fourth-order valence-electron chi connectivity index (χ4n) is 5.02. The first-order valence-corrected chi connectivity index (χ1v) is 16.2. The Morgan fingerprint density at radius 1 is 0.700 bits per heavy atom. The highest BCUT2D eigenvalue weighted by Crippen LogP contribution is 2.29. The van der Waals surface area contributed by atoms with E-state index in [2.05, 4.69) is 37.3 Å². The summed E-state index contributed by atoms with van der Waals surface area (Å²) in [5.74, 6) is 1.54. The van der Waals surface area contributed by atoms with Gasteiger partial charge in [-0.2, -0.15) is 15.2 Å². The van der Waals surface area contributed by atoms with E-state index in [4.69, 9.17) is 18.9 Å². The summed E-state index contributed by atoms with van der Waals surface area (Å²) in [5, 5.41) is 22.2. The molecule has 0 saturated heterocycles. The molecular weight excluding hydrogens is 638 g/mol. The molecule has 4 N–H and O–H groups in total. The molecule has 0 unspecified atom stereocenters. The van der Waals surface area contributed by atoms with Crippen molar-refractivity contribution in [3.8, 4) is 40.7 Å². The monoisotopic (exact) mass is 681 g/mol. The van der Waals surface area contributed by atoms with Crippen LogP contribution in [0.1, 0.15) is 41.7 Å². The first-order valence-electron chi connectivity index (χ1n) is 16.2. The fraction of sp³-hybridized carbons (Fsp3) is 0.324. The van der Waals surface area contributed by atoms with E-state index in [0.29, 0.717) is 68.4 Å². The molecule has 0 bridgehead atoms. The summed E-state index contributed by atoms with van der Waals surface area (Å²) in [6.07, 6.45) is 0. The predicted molar refractivity (Wildman–Crippen MR) is 188 cm³/mol. The van der Waals surface area contributed by atoms with Gasteiger partial charge < -0.3 is 40.2 Å². The third-order valence-corrected chi connectivity index (χ3v) is 7.46. The molecule has 0 radical (unpaired) electrons. The first kappa shape index (κ1) is 37.1. The second-order valence-corrected chi connectivity index (χ2v) is 11.2. The van der Waals surface area contributed by atoms with Crippen molar-refractivity contribution in [3.63, 3.8) is 0 Å². The van der Waals surface area contributed by atoms with Crippen molar-refractivity contribution in [1.29, 1.82) is 5.26 Å². The van der Waals surface area contributed by atoms with Gasteiger partial charge in [-0.3, -0.25) is 9.59 Å². The van der Waals surface area contributed by atoms with Crippen LogP contribution in [0.4, 0.5) is 0 Å². The van der Waals surface area contributed by atoms with Gasteiger partial charge in [-0.05, 0) is 34.9 Å². The Hall–Kier alpha value is -5.71. The van der Waals surface area contributed by atoms with E-state index in [1.54, 1.807) is 26.4 Å². The summed E-state index contributed by atoms with van der Waals surface area (Å²) in [5.41, 5.74) is 5.49. The highest BCUT2D eigenvalue weighted by molar-refractivity contribution is 5.73. The number of carbonyl (C=O) groups is 2. The average molecular weight is 682 g/mol. The largest absolute Gasteiger partial charge is 0.481 e. The number of amides is 2. The van der Waals surface area contributed by atoms with Crippen LogP contribution in [0.3, 0.4) is 0 Å². The van der Waals surface area contributed by atoms with Crippen molar-refractivity contribution >= 4 is 11.8 Å². The smallest absolute Gasteiger partial charge is 0.220 e. The molecule has 2 aromatic heterocycles. The number of methoxy groups -OCH3 is 2. The lowest BCUT2D eigenvalue weighted by Crippen LogP contribution is -2.30. The van der Waals surface area contributed by atoms with Gasteiger partial charge in [0.1, 0.15) is 19.3 Å². The maximum Gasteiger partial charge on any atom is 0.220 e. The van der Waals surface area contributed by atoms with Crippen molar-refractivity contribution in [3.05, 3.63) is 94.5 Å². The number of nitriles is 1. The van der Waals surface area contributed by atoms with Gasteiger partial charge in [0, 0.05) is 81.9 Å². The second kappa shape index (κ2) is 19.3. The number of rotatable bonds is 19. The van der Waals surface area contributed by atoms with Crippen LogP contribution >= 0.6 is 0 Å². The summed E-state index contributed by atoms with van der Waals surface area (Å²) in [6, 6.07) is 23.2. The van der Waals surface area contributed by atoms with Crippen LogP contribution in [0.5, 0.6) is 23.5 Å². The lowest BCUT2D eigenvalue weighted by molar-refractivity contribution is -0.119. The van der Waals surface area contributed by atoms with Gasteiger partial charge >= 0.3 is 0 Å². The third kappa shape index (κ3) is 11.2. The zero-order valence-electron chi connectivity index (χ0n) is 28.8. The van der Waals surface area contributed by atoms with E-state index in [1.165, 1.54) is 13.8 Å². The van der Waals surface area contributed by atoms with Crippen LogP contribution in [0, 0.1) is 11.3 Å². The summed E-state index contributed by atoms with van der Waals surface area (Å²) in [4.78, 5) is 31.1. The summed E-state index contributed by atoms with van der Waals surface area (Å²) in [6.45, 7) is 6.68. The second-order valence-electron chi connectivity index (χ2n) is 11.2. The number of benzene rings is 2. The predicted octanol–water partition coefficient (Wildman–Crippen LogP) is 3.64. The number of pyridine rings is 2. The molecule has 0 spiro atoms. The maximum absolute atomic E-state index is 11.0. The van der Waals surface area contributed by atoms with Gasteiger partial charge in [-0.1, -0.05) is 36.4 Å². The van der Waals surface area contributed by atoms with E-state index in [9.17, 15) is 14.9 Å². The van der Waals surface area contributed by atoms with Crippen LogP contribution < -0.4 is 40.2 Å². The Morgan fingerprint density at radius 2 is 1.26 bits per heavy atom. The number of carbonyl (C=O) groups excluding carboxylic acids is 2. The standard InChI is InChI=1S/C37H43N7O6/c1-25(45)41-17-15-39-21-29-11-13-34(43-36(29)47-3)49-23-27-7-5-8-28(19-27)32-10-6-9-31(33(32)20-38)24-50-35-14-12-30(37(44-35)48-4)22-40-16-18-42-26(2)46/h5-14,19,39-40H,15-18,21-24H2,1-4H3,(H,41,45)(H,42,46). The summed E-state index contributed by atoms with van der Waals surface area (Å²) < 4.78 is 23.0. The van der Waals surface area contributed by atoms with Crippen molar-refractivity contribution in [2.24, 2.45) is 0 Å². The van der Waals surface area contributed by atoms with Gasteiger partial charge in [-0.25, -0.2) is 0 Å². The van der Waals surface area contributed by atoms with Crippen molar-refractivity contribution < 1.29 is 28.5 Å². The molecule has 13 nitrogen and oxygen atoms in total. The molecule has 0 aliphatic rings. The zero-order chi connectivity index (χ0) is 35.7.